The minimum Gasteiger partial charge on any atom is -0.322 e. The van der Waals surface area contributed by atoms with Gasteiger partial charge in [-0.1, -0.05) is 0 Å². The lowest BCUT2D eigenvalue weighted by Crippen LogP contribution is -2.12. The number of hydrogen-bond donors (Lipinski definition) is 1. The molecule has 1 amide bonds. The van der Waals surface area contributed by atoms with Gasteiger partial charge >= 0.3 is 0 Å². The van der Waals surface area contributed by atoms with Gasteiger partial charge in [-0.15, -0.1) is 0 Å². The molecule has 0 bridgehead atoms. The summed E-state index contributed by atoms with van der Waals surface area (Å²) in [7, 11) is 0. The standard InChI is InChI=1S/C15H9BrFN3O/c16-11-3-2-10(8-12(11)17)20-15(21)9-1-4-13-14(7-9)19-6-5-18-13/h1-8H,(H,20,21). The third kappa shape index (κ3) is 2.90. The second-order valence-electron chi connectivity index (χ2n) is 4.34. The van der Waals surface area contributed by atoms with Crippen molar-refractivity contribution in [1.82, 2.24) is 9.97 Å². The second kappa shape index (κ2) is 5.57. The first-order chi connectivity index (χ1) is 10.1. The summed E-state index contributed by atoms with van der Waals surface area (Å²) in [5, 5.41) is 2.64. The van der Waals surface area contributed by atoms with Crippen LogP contribution in [0.25, 0.3) is 11.0 Å². The molecule has 0 saturated carbocycles. The van der Waals surface area contributed by atoms with E-state index in [1.807, 2.05) is 0 Å². The normalized spacial score (nSPS) is 10.6. The maximum atomic E-state index is 13.4. The van der Waals surface area contributed by atoms with E-state index in [4.69, 9.17) is 0 Å². The largest absolute Gasteiger partial charge is 0.322 e. The second-order valence-corrected chi connectivity index (χ2v) is 5.20. The van der Waals surface area contributed by atoms with Crippen LogP contribution in [-0.2, 0) is 0 Å². The molecule has 0 aliphatic carbocycles. The lowest BCUT2D eigenvalue weighted by molar-refractivity contribution is 0.102. The fraction of sp³-hybridized carbons (Fsp3) is 0. The van der Waals surface area contributed by atoms with Gasteiger partial charge in [-0.3, -0.25) is 14.8 Å². The Labute approximate surface area is 128 Å². The van der Waals surface area contributed by atoms with Crippen molar-refractivity contribution in [3.8, 4) is 0 Å². The number of hydrogen-bond acceptors (Lipinski definition) is 3. The molecule has 1 N–H and O–H groups in total. The summed E-state index contributed by atoms with van der Waals surface area (Å²) in [6.07, 6.45) is 3.15. The van der Waals surface area contributed by atoms with E-state index in [-0.39, 0.29) is 5.91 Å². The lowest BCUT2D eigenvalue weighted by atomic mass is 10.1. The average Bonchev–Trinajstić information content (AvgIpc) is 2.50. The molecule has 0 aliphatic rings. The van der Waals surface area contributed by atoms with E-state index in [2.05, 4.69) is 31.2 Å². The molecule has 0 atom stereocenters. The number of benzene rings is 2. The van der Waals surface area contributed by atoms with Crippen molar-refractivity contribution in [2.24, 2.45) is 0 Å². The summed E-state index contributed by atoms with van der Waals surface area (Å²) >= 11 is 3.06. The van der Waals surface area contributed by atoms with Crippen LogP contribution in [-0.4, -0.2) is 15.9 Å². The molecule has 3 aromatic rings. The Morgan fingerprint density at radius 1 is 1.05 bits per heavy atom. The zero-order valence-corrected chi connectivity index (χ0v) is 12.3. The molecular weight excluding hydrogens is 337 g/mol. The van der Waals surface area contributed by atoms with E-state index in [9.17, 15) is 9.18 Å². The minimum absolute atomic E-state index is 0.329. The molecule has 2 aromatic carbocycles. The van der Waals surface area contributed by atoms with Crippen LogP contribution < -0.4 is 5.32 Å². The number of carbonyl (C=O) groups excluding carboxylic acids is 1. The molecule has 0 unspecified atom stereocenters. The predicted octanol–water partition coefficient (Wildman–Crippen LogP) is 3.78. The van der Waals surface area contributed by atoms with Gasteiger partial charge in [0.15, 0.2) is 0 Å². The Bertz CT molecular complexity index is 838. The van der Waals surface area contributed by atoms with Gasteiger partial charge in [0.2, 0.25) is 0 Å². The zero-order chi connectivity index (χ0) is 14.8. The summed E-state index contributed by atoms with van der Waals surface area (Å²) < 4.78 is 13.8. The van der Waals surface area contributed by atoms with Gasteiger partial charge in [-0.05, 0) is 52.3 Å². The smallest absolute Gasteiger partial charge is 0.255 e. The van der Waals surface area contributed by atoms with Crippen LogP contribution in [0.4, 0.5) is 10.1 Å². The van der Waals surface area contributed by atoms with Crippen molar-refractivity contribution in [3.05, 3.63) is 64.6 Å². The van der Waals surface area contributed by atoms with Crippen LogP contribution >= 0.6 is 15.9 Å². The van der Waals surface area contributed by atoms with Crippen LogP contribution in [0.5, 0.6) is 0 Å². The topological polar surface area (TPSA) is 54.9 Å². The highest BCUT2D eigenvalue weighted by molar-refractivity contribution is 9.10. The Kier molecular flexibility index (Phi) is 3.62. The van der Waals surface area contributed by atoms with Gasteiger partial charge in [-0.2, -0.15) is 0 Å². The van der Waals surface area contributed by atoms with E-state index < -0.39 is 5.82 Å². The molecule has 1 aromatic heterocycles. The molecule has 0 aliphatic heterocycles. The SMILES string of the molecule is O=C(Nc1ccc(Br)c(F)c1)c1ccc2nccnc2c1. The van der Waals surface area contributed by atoms with Gasteiger partial charge in [-0.25, -0.2) is 4.39 Å². The number of aromatic nitrogens is 2. The third-order valence-electron chi connectivity index (χ3n) is 2.91. The number of carbonyl (C=O) groups is 1. The first-order valence-electron chi connectivity index (χ1n) is 6.11. The number of halogens is 2. The highest BCUT2D eigenvalue weighted by Crippen LogP contribution is 2.20. The number of rotatable bonds is 2. The van der Waals surface area contributed by atoms with Crippen LogP contribution in [0.2, 0.25) is 0 Å². The zero-order valence-electron chi connectivity index (χ0n) is 10.7. The lowest BCUT2D eigenvalue weighted by Gasteiger charge is -2.06. The molecule has 0 radical (unpaired) electrons. The molecule has 4 nitrogen and oxygen atoms in total. The Balaban J connectivity index is 1.87. The minimum atomic E-state index is -0.433. The van der Waals surface area contributed by atoms with Crippen molar-refractivity contribution >= 4 is 38.6 Å². The van der Waals surface area contributed by atoms with Crippen LogP contribution in [0.1, 0.15) is 10.4 Å². The fourth-order valence-corrected chi connectivity index (χ4v) is 2.13. The van der Waals surface area contributed by atoms with Gasteiger partial charge in [0.05, 0.1) is 15.5 Å². The van der Waals surface area contributed by atoms with Gasteiger partial charge < -0.3 is 5.32 Å². The third-order valence-corrected chi connectivity index (χ3v) is 3.55. The van der Waals surface area contributed by atoms with E-state index >= 15 is 0 Å². The maximum Gasteiger partial charge on any atom is 0.255 e. The first-order valence-corrected chi connectivity index (χ1v) is 6.90. The van der Waals surface area contributed by atoms with Crippen LogP contribution in [0, 0.1) is 5.82 Å². The maximum absolute atomic E-state index is 13.4. The van der Waals surface area contributed by atoms with Crippen LogP contribution in [0.3, 0.4) is 0 Å². The summed E-state index contributed by atoms with van der Waals surface area (Å²) in [4.78, 5) is 20.4. The highest BCUT2D eigenvalue weighted by atomic mass is 79.9. The van der Waals surface area contributed by atoms with Crippen LogP contribution in [0.15, 0.2) is 53.3 Å². The van der Waals surface area contributed by atoms with E-state index in [0.717, 1.165) is 0 Å². The van der Waals surface area contributed by atoms with Crippen molar-refractivity contribution in [2.75, 3.05) is 5.32 Å². The molecule has 0 saturated heterocycles. The highest BCUT2D eigenvalue weighted by Gasteiger charge is 2.09. The van der Waals surface area contributed by atoms with Crippen molar-refractivity contribution in [1.29, 1.82) is 0 Å². The number of anilines is 1. The number of fused-ring (bicyclic) bond motifs is 1. The summed E-state index contributed by atoms with van der Waals surface area (Å²) in [6, 6.07) is 9.43. The predicted molar refractivity (Wildman–Crippen MR) is 81.6 cm³/mol. The first kappa shape index (κ1) is 13.6. The average molecular weight is 346 g/mol. The molecule has 0 spiro atoms. The number of nitrogens with zero attached hydrogens (tertiary/aromatic N) is 2. The van der Waals surface area contributed by atoms with Gasteiger partial charge in [0.1, 0.15) is 5.82 Å². The van der Waals surface area contributed by atoms with Gasteiger partial charge in [0, 0.05) is 23.6 Å². The summed E-state index contributed by atoms with van der Waals surface area (Å²) in [5.74, 6) is -0.763. The summed E-state index contributed by atoms with van der Waals surface area (Å²) in [6.45, 7) is 0. The number of amides is 1. The quantitative estimate of drug-likeness (QED) is 0.768. The number of nitrogens with one attached hydrogen (secondary N) is 1. The fourth-order valence-electron chi connectivity index (χ4n) is 1.88. The Morgan fingerprint density at radius 2 is 1.81 bits per heavy atom. The van der Waals surface area contributed by atoms with E-state index in [0.29, 0.717) is 26.8 Å². The molecule has 3 rings (SSSR count). The Hall–Kier alpha value is -2.34. The van der Waals surface area contributed by atoms with Crippen molar-refractivity contribution in [3.63, 3.8) is 0 Å². The molecule has 0 fully saturated rings. The summed E-state index contributed by atoms with van der Waals surface area (Å²) in [5.41, 5.74) is 2.17. The van der Waals surface area contributed by atoms with Crippen molar-refractivity contribution in [2.45, 2.75) is 0 Å². The Morgan fingerprint density at radius 3 is 2.57 bits per heavy atom. The molecular formula is C15H9BrFN3O. The molecule has 1 heterocycles. The van der Waals surface area contributed by atoms with E-state index in [1.54, 1.807) is 36.7 Å². The molecule has 21 heavy (non-hydrogen) atoms. The monoisotopic (exact) mass is 345 g/mol. The van der Waals surface area contributed by atoms with E-state index in [1.165, 1.54) is 12.1 Å². The molecule has 104 valence electrons. The van der Waals surface area contributed by atoms with Crippen molar-refractivity contribution < 1.29 is 9.18 Å². The molecule has 6 heteroatoms. The van der Waals surface area contributed by atoms with Gasteiger partial charge in [0.25, 0.3) is 5.91 Å².